The van der Waals surface area contributed by atoms with Crippen molar-refractivity contribution >= 4 is 15.7 Å². The second kappa shape index (κ2) is 4.40. The number of hydrogen-bond acceptors (Lipinski definition) is 4. The highest BCUT2D eigenvalue weighted by Gasteiger charge is 2.21. The number of anilines is 1. The standard InChI is InChI=1S/C10H17N3O2S/c1-10(2,3)13-16(14,15)9-6-4-8(12-11)5-7-9/h4-7,12-13H,11H2,1-3H3. The fourth-order valence-corrected chi connectivity index (χ4v) is 2.61. The van der Waals surface area contributed by atoms with E-state index in [2.05, 4.69) is 10.1 Å². The summed E-state index contributed by atoms with van der Waals surface area (Å²) >= 11 is 0. The van der Waals surface area contributed by atoms with Crippen LogP contribution in [0.3, 0.4) is 0 Å². The van der Waals surface area contributed by atoms with Gasteiger partial charge in [-0.25, -0.2) is 13.1 Å². The van der Waals surface area contributed by atoms with E-state index < -0.39 is 15.6 Å². The Morgan fingerprint density at radius 1 is 1.12 bits per heavy atom. The number of benzene rings is 1. The van der Waals surface area contributed by atoms with E-state index in [1.165, 1.54) is 12.1 Å². The van der Waals surface area contributed by atoms with Crippen LogP contribution >= 0.6 is 0 Å². The monoisotopic (exact) mass is 243 g/mol. The molecule has 0 fully saturated rings. The number of nitrogen functional groups attached to an aromatic ring is 1. The maximum absolute atomic E-state index is 11.9. The van der Waals surface area contributed by atoms with Gasteiger partial charge in [-0.15, -0.1) is 0 Å². The van der Waals surface area contributed by atoms with Gasteiger partial charge in [-0.3, -0.25) is 5.84 Å². The third kappa shape index (κ3) is 3.48. The van der Waals surface area contributed by atoms with E-state index in [-0.39, 0.29) is 4.90 Å². The summed E-state index contributed by atoms with van der Waals surface area (Å²) in [6.07, 6.45) is 0. The van der Waals surface area contributed by atoms with Crippen molar-refractivity contribution in [3.8, 4) is 0 Å². The van der Waals surface area contributed by atoms with Gasteiger partial charge in [0.2, 0.25) is 10.0 Å². The third-order valence-electron chi connectivity index (χ3n) is 1.77. The molecule has 0 aliphatic heterocycles. The average Bonchev–Trinajstić information content (AvgIpc) is 2.14. The number of nitrogens with two attached hydrogens (primary N) is 1. The number of hydrogen-bond donors (Lipinski definition) is 3. The van der Waals surface area contributed by atoms with Gasteiger partial charge in [0.05, 0.1) is 4.90 Å². The normalized spacial score (nSPS) is 12.5. The molecule has 0 spiro atoms. The molecule has 0 unspecified atom stereocenters. The summed E-state index contributed by atoms with van der Waals surface area (Å²) in [7, 11) is -3.46. The van der Waals surface area contributed by atoms with Gasteiger partial charge in [0, 0.05) is 11.2 Å². The number of rotatable bonds is 3. The number of sulfonamides is 1. The number of hydrazine groups is 1. The fraction of sp³-hybridized carbons (Fsp3) is 0.400. The molecule has 4 N–H and O–H groups in total. The lowest BCUT2D eigenvalue weighted by Crippen LogP contribution is -2.40. The van der Waals surface area contributed by atoms with Gasteiger partial charge in [0.25, 0.3) is 0 Å². The lowest BCUT2D eigenvalue weighted by Gasteiger charge is -2.20. The minimum atomic E-state index is -3.46. The molecule has 1 rings (SSSR count). The van der Waals surface area contributed by atoms with Crippen LogP contribution in [0.15, 0.2) is 29.2 Å². The number of nitrogens with one attached hydrogen (secondary N) is 2. The Hall–Kier alpha value is -1.11. The molecule has 0 aromatic heterocycles. The third-order valence-corrected chi connectivity index (χ3v) is 3.55. The van der Waals surface area contributed by atoms with E-state index in [9.17, 15) is 8.42 Å². The first-order chi connectivity index (χ1) is 7.24. The zero-order chi connectivity index (χ0) is 12.4. The quantitative estimate of drug-likeness (QED) is 0.547. The molecule has 0 amide bonds. The second-order valence-corrected chi connectivity index (χ2v) is 6.21. The molecule has 1 aromatic carbocycles. The molecule has 5 nitrogen and oxygen atoms in total. The zero-order valence-electron chi connectivity index (χ0n) is 9.61. The van der Waals surface area contributed by atoms with Crippen LogP contribution in [0, 0.1) is 0 Å². The van der Waals surface area contributed by atoms with E-state index in [4.69, 9.17) is 5.84 Å². The van der Waals surface area contributed by atoms with Gasteiger partial charge in [-0.05, 0) is 45.0 Å². The van der Waals surface area contributed by atoms with Crippen LogP contribution in [-0.4, -0.2) is 14.0 Å². The Bertz CT molecular complexity index is 446. The van der Waals surface area contributed by atoms with Crippen molar-refractivity contribution in [3.05, 3.63) is 24.3 Å². The first-order valence-electron chi connectivity index (χ1n) is 4.85. The average molecular weight is 243 g/mol. The van der Waals surface area contributed by atoms with Crippen molar-refractivity contribution < 1.29 is 8.42 Å². The molecule has 16 heavy (non-hydrogen) atoms. The predicted molar refractivity (Wildman–Crippen MR) is 64.3 cm³/mol. The van der Waals surface area contributed by atoms with Gasteiger partial charge in [-0.1, -0.05) is 0 Å². The Labute approximate surface area is 96.1 Å². The zero-order valence-corrected chi connectivity index (χ0v) is 10.4. The van der Waals surface area contributed by atoms with Gasteiger partial charge in [-0.2, -0.15) is 0 Å². The van der Waals surface area contributed by atoms with E-state index in [1.807, 2.05) is 0 Å². The summed E-state index contributed by atoms with van der Waals surface area (Å²) in [6, 6.07) is 6.22. The minimum absolute atomic E-state index is 0.224. The van der Waals surface area contributed by atoms with Crippen molar-refractivity contribution in [1.82, 2.24) is 4.72 Å². The lowest BCUT2D eigenvalue weighted by atomic mass is 10.1. The molecule has 0 aliphatic carbocycles. The van der Waals surface area contributed by atoms with Gasteiger partial charge < -0.3 is 5.43 Å². The maximum atomic E-state index is 11.9. The van der Waals surface area contributed by atoms with Crippen LogP contribution in [0.4, 0.5) is 5.69 Å². The van der Waals surface area contributed by atoms with Crippen LogP contribution < -0.4 is 16.0 Å². The fourth-order valence-electron chi connectivity index (χ4n) is 1.19. The molecule has 0 bridgehead atoms. The molecule has 0 saturated heterocycles. The van der Waals surface area contributed by atoms with Crippen molar-refractivity contribution in [2.75, 3.05) is 5.43 Å². The molecule has 0 aliphatic rings. The van der Waals surface area contributed by atoms with Gasteiger partial charge in [0.1, 0.15) is 0 Å². The second-order valence-electron chi connectivity index (χ2n) is 4.52. The summed E-state index contributed by atoms with van der Waals surface area (Å²) < 4.78 is 26.3. The van der Waals surface area contributed by atoms with Crippen molar-refractivity contribution in [1.29, 1.82) is 0 Å². The largest absolute Gasteiger partial charge is 0.324 e. The van der Waals surface area contributed by atoms with Crippen LogP contribution in [-0.2, 0) is 10.0 Å². The summed E-state index contributed by atoms with van der Waals surface area (Å²) in [5.41, 5.74) is 2.60. The van der Waals surface area contributed by atoms with Gasteiger partial charge in [0.15, 0.2) is 0 Å². The Morgan fingerprint density at radius 3 is 2.00 bits per heavy atom. The Morgan fingerprint density at radius 2 is 1.62 bits per heavy atom. The van der Waals surface area contributed by atoms with Crippen LogP contribution in [0.2, 0.25) is 0 Å². The van der Waals surface area contributed by atoms with E-state index in [0.29, 0.717) is 5.69 Å². The highest BCUT2D eigenvalue weighted by atomic mass is 32.2. The molecule has 1 aromatic rings. The molecule has 0 heterocycles. The van der Waals surface area contributed by atoms with Gasteiger partial charge >= 0.3 is 0 Å². The molecule has 0 saturated carbocycles. The maximum Gasteiger partial charge on any atom is 0.241 e. The first kappa shape index (κ1) is 13.0. The smallest absolute Gasteiger partial charge is 0.241 e. The van der Waals surface area contributed by atoms with E-state index >= 15 is 0 Å². The molecule has 0 atom stereocenters. The predicted octanol–water partition coefficient (Wildman–Crippen LogP) is 1.05. The van der Waals surface area contributed by atoms with E-state index in [0.717, 1.165) is 0 Å². The molecular formula is C10H17N3O2S. The van der Waals surface area contributed by atoms with Crippen LogP contribution in [0.25, 0.3) is 0 Å². The first-order valence-corrected chi connectivity index (χ1v) is 6.33. The summed E-state index contributed by atoms with van der Waals surface area (Å²) in [4.78, 5) is 0.224. The topological polar surface area (TPSA) is 84.2 Å². The van der Waals surface area contributed by atoms with E-state index in [1.54, 1.807) is 32.9 Å². The molecular weight excluding hydrogens is 226 g/mol. The van der Waals surface area contributed by atoms with Crippen molar-refractivity contribution in [2.24, 2.45) is 5.84 Å². The van der Waals surface area contributed by atoms with Crippen LogP contribution in [0.5, 0.6) is 0 Å². The highest BCUT2D eigenvalue weighted by Crippen LogP contribution is 2.15. The van der Waals surface area contributed by atoms with Crippen molar-refractivity contribution in [2.45, 2.75) is 31.2 Å². The van der Waals surface area contributed by atoms with Crippen LogP contribution in [0.1, 0.15) is 20.8 Å². The molecule has 0 radical (unpaired) electrons. The highest BCUT2D eigenvalue weighted by molar-refractivity contribution is 7.89. The summed E-state index contributed by atoms with van der Waals surface area (Å²) in [5.74, 6) is 5.20. The SMILES string of the molecule is CC(C)(C)NS(=O)(=O)c1ccc(NN)cc1. The Balaban J connectivity index is 2.99. The summed E-state index contributed by atoms with van der Waals surface area (Å²) in [6.45, 7) is 5.38. The summed E-state index contributed by atoms with van der Waals surface area (Å²) in [5, 5.41) is 0. The molecule has 90 valence electrons. The Kier molecular flexibility index (Phi) is 3.57. The minimum Gasteiger partial charge on any atom is -0.324 e. The van der Waals surface area contributed by atoms with Crippen molar-refractivity contribution in [3.63, 3.8) is 0 Å². The lowest BCUT2D eigenvalue weighted by molar-refractivity contribution is 0.491. The molecule has 6 heteroatoms.